The van der Waals surface area contributed by atoms with Crippen molar-refractivity contribution in [2.75, 3.05) is 6.61 Å². The predicted molar refractivity (Wildman–Crippen MR) is 132 cm³/mol. The summed E-state index contributed by atoms with van der Waals surface area (Å²) in [5.74, 6) is 1.79. The summed E-state index contributed by atoms with van der Waals surface area (Å²) in [4.78, 5) is 11.4. The lowest BCUT2D eigenvalue weighted by Crippen LogP contribution is -1.98. The molecule has 3 rings (SSSR count). The van der Waals surface area contributed by atoms with Crippen molar-refractivity contribution in [3.63, 3.8) is 0 Å². The lowest BCUT2D eigenvalue weighted by atomic mass is 10.2. The van der Waals surface area contributed by atoms with Gasteiger partial charge in [0.1, 0.15) is 23.9 Å². The molecule has 0 fully saturated rings. The molecule has 0 unspecified atom stereocenters. The smallest absolute Gasteiger partial charge is 0.330 e. The van der Waals surface area contributed by atoms with Crippen LogP contribution in [0.25, 0.3) is 6.08 Å². The van der Waals surface area contributed by atoms with Crippen molar-refractivity contribution in [2.45, 2.75) is 41.2 Å². The maximum absolute atomic E-state index is 11.4. The summed E-state index contributed by atoms with van der Waals surface area (Å²) < 4.78 is 16.6. The number of esters is 1. The van der Waals surface area contributed by atoms with Crippen LogP contribution in [0.2, 0.25) is 0 Å². The van der Waals surface area contributed by atoms with E-state index in [4.69, 9.17) is 14.2 Å². The highest BCUT2D eigenvalue weighted by molar-refractivity contribution is 5.87. The first kappa shape index (κ1) is 26.5. The maximum Gasteiger partial charge on any atom is 0.330 e. The quantitative estimate of drug-likeness (QED) is 0.269. The second kappa shape index (κ2) is 16.2. The van der Waals surface area contributed by atoms with Crippen LogP contribution in [0.5, 0.6) is 17.2 Å². The first-order valence-corrected chi connectivity index (χ1v) is 11.1. The van der Waals surface area contributed by atoms with Crippen molar-refractivity contribution in [1.29, 1.82) is 0 Å². The normalized spacial score (nSPS) is 9.66. The van der Waals surface area contributed by atoms with E-state index in [1.165, 1.54) is 6.08 Å². The van der Waals surface area contributed by atoms with Crippen molar-refractivity contribution in [3.8, 4) is 17.2 Å². The molecule has 0 atom stereocenters. The minimum Gasteiger partial charge on any atom is -0.489 e. The summed E-state index contributed by atoms with van der Waals surface area (Å²) in [5, 5.41) is 0. The summed E-state index contributed by atoms with van der Waals surface area (Å²) in [7, 11) is 0. The molecule has 170 valence electrons. The molecule has 0 amide bonds. The van der Waals surface area contributed by atoms with Crippen molar-refractivity contribution in [1.82, 2.24) is 0 Å². The fourth-order valence-electron chi connectivity index (χ4n) is 2.51. The molecule has 0 saturated carbocycles. The van der Waals surface area contributed by atoms with E-state index in [1.54, 1.807) is 13.0 Å². The third-order valence-electron chi connectivity index (χ3n) is 3.87. The molecule has 0 radical (unpaired) electrons. The van der Waals surface area contributed by atoms with Crippen LogP contribution in [0.1, 0.15) is 45.7 Å². The zero-order chi connectivity index (χ0) is 23.6. The Morgan fingerprint density at radius 3 is 2.09 bits per heavy atom. The van der Waals surface area contributed by atoms with Crippen LogP contribution in [0.3, 0.4) is 0 Å². The summed E-state index contributed by atoms with van der Waals surface area (Å²) >= 11 is 0. The van der Waals surface area contributed by atoms with Crippen molar-refractivity contribution in [3.05, 3.63) is 96.1 Å². The van der Waals surface area contributed by atoms with Gasteiger partial charge in [-0.25, -0.2) is 4.79 Å². The van der Waals surface area contributed by atoms with Gasteiger partial charge in [0, 0.05) is 12.1 Å². The first-order valence-electron chi connectivity index (χ1n) is 11.1. The van der Waals surface area contributed by atoms with Gasteiger partial charge in [0.25, 0.3) is 0 Å². The zero-order valence-corrected chi connectivity index (χ0v) is 19.7. The number of carbonyl (C=O) groups excluding carboxylic acids is 1. The average molecular weight is 435 g/mol. The zero-order valence-electron chi connectivity index (χ0n) is 19.7. The van der Waals surface area contributed by atoms with Gasteiger partial charge in [0.15, 0.2) is 0 Å². The standard InChI is InChI=1S/C24H22O4.2C2H6/c1-2-26-24(25)16-13-19-11-14-21(15-12-19)28-23-10-6-9-22(17-23)27-18-20-7-4-3-5-8-20;2*1-2/h3-17H,2,18H2,1H3;2*1-2H3. The molecule has 0 saturated heterocycles. The van der Waals surface area contributed by atoms with E-state index in [9.17, 15) is 4.79 Å². The highest BCUT2D eigenvalue weighted by Gasteiger charge is 2.01. The lowest BCUT2D eigenvalue weighted by molar-refractivity contribution is -0.137. The number of ether oxygens (including phenoxy) is 3. The van der Waals surface area contributed by atoms with Crippen LogP contribution in [0.4, 0.5) is 0 Å². The molecule has 3 aromatic rings. The van der Waals surface area contributed by atoms with Crippen LogP contribution < -0.4 is 9.47 Å². The molecule has 0 aliphatic rings. The molecule has 0 aromatic heterocycles. The molecule has 0 N–H and O–H groups in total. The number of hydrogen-bond donors (Lipinski definition) is 0. The Labute approximate surface area is 192 Å². The second-order valence-corrected chi connectivity index (χ2v) is 6.01. The molecule has 4 nitrogen and oxygen atoms in total. The monoisotopic (exact) mass is 434 g/mol. The van der Waals surface area contributed by atoms with Gasteiger partial charge in [-0.15, -0.1) is 0 Å². The first-order chi connectivity index (χ1) is 15.7. The number of rotatable bonds is 8. The Hall–Kier alpha value is -3.53. The van der Waals surface area contributed by atoms with E-state index in [0.29, 0.717) is 24.7 Å². The van der Waals surface area contributed by atoms with Gasteiger partial charge in [-0.05, 0) is 48.4 Å². The van der Waals surface area contributed by atoms with Crippen LogP contribution in [-0.2, 0) is 16.1 Å². The number of hydrogen-bond acceptors (Lipinski definition) is 4. The summed E-state index contributed by atoms with van der Waals surface area (Å²) in [6.45, 7) is 10.6. The third kappa shape index (κ3) is 9.98. The summed E-state index contributed by atoms with van der Waals surface area (Å²) in [6, 6.07) is 25.0. The van der Waals surface area contributed by atoms with Gasteiger partial charge in [0.05, 0.1) is 6.61 Å². The van der Waals surface area contributed by atoms with E-state index in [0.717, 1.165) is 16.9 Å². The number of carbonyl (C=O) groups is 1. The Balaban J connectivity index is 0.00000121. The molecular weight excluding hydrogens is 400 g/mol. The molecule has 4 heteroatoms. The minimum absolute atomic E-state index is 0.352. The van der Waals surface area contributed by atoms with Crippen molar-refractivity contribution >= 4 is 12.0 Å². The van der Waals surface area contributed by atoms with Gasteiger partial charge < -0.3 is 14.2 Å². The molecule has 0 heterocycles. The second-order valence-electron chi connectivity index (χ2n) is 6.01. The Morgan fingerprint density at radius 1 is 0.781 bits per heavy atom. The Kier molecular flexibility index (Phi) is 13.4. The lowest BCUT2D eigenvalue weighted by Gasteiger charge is -2.09. The molecule has 0 bridgehead atoms. The van der Waals surface area contributed by atoms with Crippen LogP contribution >= 0.6 is 0 Å². The van der Waals surface area contributed by atoms with E-state index in [-0.39, 0.29) is 5.97 Å². The fraction of sp³-hybridized carbons (Fsp3) is 0.250. The topological polar surface area (TPSA) is 44.8 Å². The average Bonchev–Trinajstić information content (AvgIpc) is 2.86. The SMILES string of the molecule is CC.CC.CCOC(=O)C=Cc1ccc(Oc2cccc(OCc3ccccc3)c2)cc1. The van der Waals surface area contributed by atoms with E-state index >= 15 is 0 Å². The van der Waals surface area contributed by atoms with Gasteiger partial charge in [-0.1, -0.05) is 76.2 Å². The molecule has 32 heavy (non-hydrogen) atoms. The van der Waals surface area contributed by atoms with Crippen molar-refractivity contribution < 1.29 is 19.0 Å². The van der Waals surface area contributed by atoms with Gasteiger partial charge in [-0.3, -0.25) is 0 Å². The van der Waals surface area contributed by atoms with Crippen LogP contribution in [0, 0.1) is 0 Å². The largest absolute Gasteiger partial charge is 0.489 e. The fourth-order valence-corrected chi connectivity index (χ4v) is 2.51. The highest BCUT2D eigenvalue weighted by atomic mass is 16.5. The van der Waals surface area contributed by atoms with Gasteiger partial charge in [-0.2, -0.15) is 0 Å². The predicted octanol–water partition coefficient (Wildman–Crippen LogP) is 7.69. The summed E-state index contributed by atoms with van der Waals surface area (Å²) in [5.41, 5.74) is 2.00. The van der Waals surface area contributed by atoms with E-state index in [2.05, 4.69) is 0 Å². The van der Waals surface area contributed by atoms with Crippen molar-refractivity contribution in [2.24, 2.45) is 0 Å². The van der Waals surface area contributed by atoms with Gasteiger partial charge >= 0.3 is 5.97 Å². The molecule has 3 aromatic carbocycles. The Bertz CT molecular complexity index is 916. The number of benzene rings is 3. The highest BCUT2D eigenvalue weighted by Crippen LogP contribution is 2.26. The molecular formula is C28H34O4. The molecule has 0 spiro atoms. The van der Waals surface area contributed by atoms with Crippen LogP contribution in [-0.4, -0.2) is 12.6 Å². The van der Waals surface area contributed by atoms with E-state index in [1.807, 2.05) is 107 Å². The Morgan fingerprint density at radius 2 is 1.44 bits per heavy atom. The van der Waals surface area contributed by atoms with E-state index < -0.39 is 0 Å². The van der Waals surface area contributed by atoms with Gasteiger partial charge in [0.2, 0.25) is 0 Å². The maximum atomic E-state index is 11.4. The minimum atomic E-state index is -0.352. The summed E-state index contributed by atoms with van der Waals surface area (Å²) in [6.07, 6.45) is 3.12. The molecule has 0 aliphatic carbocycles. The molecule has 0 aliphatic heterocycles. The van der Waals surface area contributed by atoms with Crippen LogP contribution in [0.15, 0.2) is 84.9 Å². The third-order valence-corrected chi connectivity index (χ3v) is 3.87.